The van der Waals surface area contributed by atoms with E-state index in [1.54, 1.807) is 16.7 Å². The number of H-pyrrole nitrogens is 1. The molecule has 3 aliphatic heterocycles. The molecule has 2 aromatic heterocycles. The van der Waals surface area contributed by atoms with Crippen LogP contribution in [-0.4, -0.2) is 66.3 Å². The third-order valence-corrected chi connectivity index (χ3v) is 17.4. The number of pyridine rings is 1. The number of benzene rings is 4. The van der Waals surface area contributed by atoms with Gasteiger partial charge in [-0.15, -0.1) is 0 Å². The lowest BCUT2D eigenvalue weighted by Crippen LogP contribution is -2.52. The zero-order chi connectivity index (χ0) is 43.6. The number of carbonyl (C=O) groups excluding carboxylic acids is 1. The van der Waals surface area contributed by atoms with Crippen LogP contribution >= 0.6 is 0 Å². The molecule has 9 rings (SSSR count). The van der Waals surface area contributed by atoms with E-state index in [0.717, 1.165) is 71.2 Å². The van der Waals surface area contributed by atoms with Gasteiger partial charge in [0.15, 0.2) is 13.9 Å². The molecule has 3 fully saturated rings. The molecule has 0 aliphatic carbocycles. The van der Waals surface area contributed by atoms with Crippen molar-refractivity contribution in [1.82, 2.24) is 19.8 Å². The second-order valence-corrected chi connectivity index (χ2v) is 22.9. The Morgan fingerprint density at radius 1 is 1.00 bits per heavy atom. The quantitative estimate of drug-likeness (QED) is 0.0786. The number of rotatable bonds is 14. The molecule has 324 valence electrons. The molecule has 4 N–H and O–H groups in total. The first-order chi connectivity index (χ1) is 29.7. The van der Waals surface area contributed by atoms with Crippen molar-refractivity contribution >= 4 is 48.2 Å². The van der Waals surface area contributed by atoms with Crippen molar-refractivity contribution in [3.05, 3.63) is 135 Å². The van der Waals surface area contributed by atoms with Crippen LogP contribution < -0.4 is 21.9 Å². The summed E-state index contributed by atoms with van der Waals surface area (Å²) in [6, 6.07) is 28.4. The smallest absolute Gasteiger partial charge is 0.419 e. The number of oxazole rings is 1. The molecular weight excluding hydrogens is 799 g/mol. The van der Waals surface area contributed by atoms with Crippen LogP contribution in [0.25, 0.3) is 39.2 Å². The number of hydrogen-bond acceptors (Lipinski definition) is 9. The number of ether oxygens (including phenoxy) is 1. The van der Waals surface area contributed by atoms with Gasteiger partial charge in [0.2, 0.25) is 5.56 Å². The van der Waals surface area contributed by atoms with Crippen LogP contribution in [0.3, 0.4) is 0 Å². The lowest BCUT2D eigenvalue weighted by Gasteiger charge is -2.43. The summed E-state index contributed by atoms with van der Waals surface area (Å²) in [4.78, 5) is 43.5. The molecule has 3 aliphatic rings. The van der Waals surface area contributed by atoms with E-state index in [2.05, 4.69) is 60.4 Å². The molecule has 4 aromatic carbocycles. The Balaban J connectivity index is 0.922. The number of phenolic OH excluding ortho intramolecular Hbond substituents is 1. The van der Waals surface area contributed by atoms with E-state index in [1.807, 2.05) is 78.9 Å². The zero-order valence-electron chi connectivity index (χ0n) is 36.2. The molecule has 13 heteroatoms. The van der Waals surface area contributed by atoms with Gasteiger partial charge in [0.1, 0.15) is 11.9 Å². The molecule has 62 heavy (non-hydrogen) atoms. The first-order valence-electron chi connectivity index (χ1n) is 21.6. The van der Waals surface area contributed by atoms with Crippen LogP contribution in [0.1, 0.15) is 62.8 Å². The van der Waals surface area contributed by atoms with E-state index in [-0.39, 0.29) is 28.6 Å². The van der Waals surface area contributed by atoms with E-state index >= 15 is 0 Å². The minimum absolute atomic E-state index is 0.00853. The maximum atomic E-state index is 13.1. The van der Waals surface area contributed by atoms with Gasteiger partial charge >= 0.3 is 11.8 Å². The lowest BCUT2D eigenvalue weighted by atomic mass is 9.86. The Labute approximate surface area is 362 Å². The highest BCUT2D eigenvalue weighted by Crippen LogP contribution is 2.41. The molecule has 1 amide bonds. The van der Waals surface area contributed by atoms with Gasteiger partial charge in [0.25, 0.3) is 0 Å². The Hall–Kier alpha value is -5.73. The van der Waals surface area contributed by atoms with Gasteiger partial charge in [-0.1, -0.05) is 81.5 Å². The summed E-state index contributed by atoms with van der Waals surface area (Å²) < 4.78 is 20.3. The average Bonchev–Trinajstić information content (AvgIpc) is 3.56. The normalized spacial score (nSPS) is 18.4. The maximum Gasteiger partial charge on any atom is 0.419 e. The zero-order valence-corrected chi connectivity index (χ0v) is 37.2. The summed E-state index contributed by atoms with van der Waals surface area (Å²) in [5.41, 5.74) is 6.70. The van der Waals surface area contributed by atoms with Crippen molar-refractivity contribution in [1.29, 1.82) is 0 Å². The minimum atomic E-state index is -2.25. The van der Waals surface area contributed by atoms with E-state index in [9.17, 15) is 19.5 Å². The largest absolute Gasteiger partial charge is 0.506 e. The molecule has 0 radical (unpaired) electrons. The van der Waals surface area contributed by atoms with Crippen LogP contribution in [0.4, 0.5) is 10.5 Å². The van der Waals surface area contributed by atoms with Gasteiger partial charge < -0.3 is 29.0 Å². The van der Waals surface area contributed by atoms with Crippen LogP contribution in [-0.2, 0) is 22.3 Å². The summed E-state index contributed by atoms with van der Waals surface area (Å²) >= 11 is 0. The van der Waals surface area contributed by atoms with Crippen LogP contribution in [0.5, 0.6) is 5.75 Å². The third-order valence-electron chi connectivity index (χ3n) is 12.9. The number of amides is 1. The standard InChI is InChI=1S/C49H57N5O7Si/c1-49(2,3)62(4,5)61-43(36-16-20-41(55)46-37(36)17-21-45(56)52-46)30-50-29-33-15-19-40-42(28-33)60-48(58)54(40)24-10-9-11-32-14-18-39(38(27-32)34-12-7-6-8-13-34)51-47(57)59-44-31-53-25-22-35(44)23-26-53/h6-9,11-21,27-28,35,43-44,50,55H,10,22-26,29-31H2,1-5H3,(H,51,57)(H,52,56)/b11-9+/t43-,44-/m0/s1. The number of aromatic nitrogens is 2. The highest BCUT2D eigenvalue weighted by molar-refractivity contribution is 6.74. The summed E-state index contributed by atoms with van der Waals surface area (Å²) in [6.07, 6.45) is 5.95. The summed E-state index contributed by atoms with van der Waals surface area (Å²) in [7, 11) is -2.25. The Morgan fingerprint density at radius 2 is 1.79 bits per heavy atom. The number of nitrogens with one attached hydrogen (secondary N) is 3. The van der Waals surface area contributed by atoms with Gasteiger partial charge in [0, 0.05) is 43.2 Å². The third kappa shape index (κ3) is 9.51. The Bertz CT molecular complexity index is 2710. The van der Waals surface area contributed by atoms with E-state index in [1.165, 1.54) is 6.07 Å². The number of aryl methyl sites for hydroxylation is 1. The second kappa shape index (κ2) is 17.9. The maximum absolute atomic E-state index is 13.1. The lowest BCUT2D eigenvalue weighted by molar-refractivity contribution is -0.0289. The molecule has 5 heterocycles. The number of hydrogen-bond donors (Lipinski definition) is 4. The van der Waals surface area contributed by atoms with Crippen molar-refractivity contribution in [2.45, 2.75) is 83.5 Å². The van der Waals surface area contributed by atoms with Crippen LogP contribution in [0.15, 0.2) is 111 Å². The summed E-state index contributed by atoms with van der Waals surface area (Å²) in [5, 5.41) is 17.8. The van der Waals surface area contributed by atoms with Gasteiger partial charge in [-0.2, -0.15) is 0 Å². The van der Waals surface area contributed by atoms with E-state index < -0.39 is 20.2 Å². The predicted molar refractivity (Wildman–Crippen MR) is 248 cm³/mol. The summed E-state index contributed by atoms with van der Waals surface area (Å²) in [5.74, 6) is 0.0249. The monoisotopic (exact) mass is 855 g/mol. The van der Waals surface area contributed by atoms with Crippen molar-refractivity contribution in [3.63, 3.8) is 0 Å². The molecule has 0 saturated carbocycles. The summed E-state index contributed by atoms with van der Waals surface area (Å²) in [6.45, 7) is 15.4. The van der Waals surface area contributed by atoms with Crippen LogP contribution in [0.2, 0.25) is 18.1 Å². The fourth-order valence-corrected chi connectivity index (χ4v) is 9.72. The Morgan fingerprint density at radius 3 is 2.53 bits per heavy atom. The minimum Gasteiger partial charge on any atom is -0.506 e. The molecular formula is C49H57N5O7Si. The second-order valence-electron chi connectivity index (χ2n) is 18.2. The number of phenols is 1. The number of fused-ring (bicyclic) bond motifs is 5. The highest BCUT2D eigenvalue weighted by atomic mass is 28.4. The van der Waals surface area contributed by atoms with Gasteiger partial charge in [-0.05, 0) is 115 Å². The first kappa shape index (κ1) is 42.9. The van der Waals surface area contributed by atoms with Gasteiger partial charge in [-0.25, -0.2) is 9.59 Å². The highest BCUT2D eigenvalue weighted by Gasteiger charge is 2.40. The van der Waals surface area contributed by atoms with Crippen molar-refractivity contribution < 1.29 is 23.5 Å². The SMILES string of the molecule is CC(C)(C)[Si](C)(C)O[C@@H](CNCc1ccc2c(c1)oc(=O)n2CC/C=C/c1ccc(NC(=O)O[C@H]2CN3CCC2CC3)c(-c2ccccc2)c1)c1ccc(O)c2[nH]c(=O)ccc12. The predicted octanol–water partition coefficient (Wildman–Crippen LogP) is 9.41. The molecule has 0 unspecified atom stereocenters. The number of allylic oxidation sites excluding steroid dienone is 1. The number of piperidine rings is 3. The number of aromatic amines is 1. The van der Waals surface area contributed by atoms with Crippen molar-refractivity contribution in [2.24, 2.45) is 5.92 Å². The fourth-order valence-electron chi connectivity index (χ4n) is 8.44. The van der Waals surface area contributed by atoms with Gasteiger partial charge in [-0.3, -0.25) is 19.6 Å². The van der Waals surface area contributed by atoms with Crippen LogP contribution in [0, 0.1) is 5.92 Å². The number of aromatic hydroxyl groups is 1. The molecule has 3 saturated heterocycles. The molecule has 2 bridgehead atoms. The number of nitrogens with zero attached hydrogens (tertiary/aromatic N) is 2. The Kier molecular flexibility index (Phi) is 12.4. The topological polar surface area (TPSA) is 151 Å². The molecule has 12 nitrogen and oxygen atoms in total. The fraction of sp³-hybridized carbons (Fsp3) is 0.367. The van der Waals surface area contributed by atoms with Crippen molar-refractivity contribution in [3.8, 4) is 16.9 Å². The molecule has 0 spiro atoms. The van der Waals surface area contributed by atoms with Gasteiger partial charge in [0.05, 0.1) is 22.8 Å². The molecule has 2 atom stereocenters. The van der Waals surface area contributed by atoms with Crippen molar-refractivity contribution in [2.75, 3.05) is 31.5 Å². The van der Waals surface area contributed by atoms with E-state index in [0.29, 0.717) is 48.8 Å². The van der Waals surface area contributed by atoms with E-state index in [4.69, 9.17) is 13.6 Å². The first-order valence-corrected chi connectivity index (χ1v) is 24.5. The average molecular weight is 856 g/mol. The number of anilines is 1. The number of carbonyl (C=O) groups is 1. The molecule has 6 aromatic rings.